The summed E-state index contributed by atoms with van der Waals surface area (Å²) in [6, 6.07) is 0. The van der Waals surface area contributed by atoms with Gasteiger partial charge in [-0.25, -0.2) is 0 Å². The summed E-state index contributed by atoms with van der Waals surface area (Å²) in [6.45, 7) is 3.73. The highest BCUT2D eigenvalue weighted by molar-refractivity contribution is 7.80. The Morgan fingerprint density at radius 2 is 1.88 bits per heavy atom. The fourth-order valence-electron chi connectivity index (χ4n) is 2.47. The third kappa shape index (κ3) is 2.54. The normalized spacial score (nSPS) is 24.2. The Kier molecular flexibility index (Phi) is 3.47. The minimum atomic E-state index is 0.223. The van der Waals surface area contributed by atoms with E-state index < -0.39 is 0 Å². The topological polar surface area (TPSA) is 46.3 Å². The predicted molar refractivity (Wildman–Crippen MR) is 68.0 cm³/mol. The molecule has 2 fully saturated rings. The fraction of sp³-hybridized carbons (Fsp3) is 0.833. The lowest BCUT2D eigenvalue weighted by Gasteiger charge is -2.33. The van der Waals surface area contributed by atoms with Gasteiger partial charge in [-0.3, -0.25) is 4.79 Å². The first-order valence-electron chi connectivity index (χ1n) is 6.17. The third-order valence-corrected chi connectivity index (χ3v) is 4.26. The van der Waals surface area contributed by atoms with Gasteiger partial charge >= 0.3 is 0 Å². The summed E-state index contributed by atoms with van der Waals surface area (Å²) in [5, 5.41) is 0. The molecule has 1 amide bonds. The van der Waals surface area contributed by atoms with Gasteiger partial charge in [0, 0.05) is 24.9 Å². The van der Waals surface area contributed by atoms with E-state index in [1.165, 1.54) is 12.8 Å². The Morgan fingerprint density at radius 3 is 2.31 bits per heavy atom. The van der Waals surface area contributed by atoms with Crippen molar-refractivity contribution in [2.45, 2.75) is 32.6 Å². The van der Waals surface area contributed by atoms with Crippen molar-refractivity contribution in [1.82, 2.24) is 4.90 Å². The number of nitrogens with zero attached hydrogens (tertiary/aromatic N) is 1. The van der Waals surface area contributed by atoms with Crippen LogP contribution in [0.2, 0.25) is 0 Å². The van der Waals surface area contributed by atoms with Gasteiger partial charge in [-0.2, -0.15) is 0 Å². The van der Waals surface area contributed by atoms with Crippen molar-refractivity contribution in [1.29, 1.82) is 0 Å². The summed E-state index contributed by atoms with van der Waals surface area (Å²) in [7, 11) is 0. The van der Waals surface area contributed by atoms with E-state index >= 15 is 0 Å². The van der Waals surface area contributed by atoms with Gasteiger partial charge in [-0.05, 0) is 31.6 Å². The molecular formula is C12H20N2OS. The minimum Gasteiger partial charge on any atom is -0.393 e. The smallest absolute Gasteiger partial charge is 0.225 e. The number of thiocarbonyl (C=S) groups is 1. The van der Waals surface area contributed by atoms with Gasteiger partial charge in [0.25, 0.3) is 0 Å². The standard InChI is InChI=1S/C12H20N2OS/c1-8(9-2-3-9)12(15)14-6-4-10(5-7-14)11(13)16/h8-10H,2-7H2,1H3,(H2,13,16). The molecular weight excluding hydrogens is 220 g/mol. The predicted octanol–water partition coefficient (Wildman–Crippen LogP) is 1.56. The monoisotopic (exact) mass is 240 g/mol. The summed E-state index contributed by atoms with van der Waals surface area (Å²) in [5.74, 6) is 1.56. The molecule has 1 aliphatic heterocycles. The van der Waals surface area contributed by atoms with Crippen molar-refractivity contribution in [3.63, 3.8) is 0 Å². The van der Waals surface area contributed by atoms with Crippen molar-refractivity contribution in [2.24, 2.45) is 23.5 Å². The lowest BCUT2D eigenvalue weighted by molar-refractivity contribution is -0.136. The number of likely N-dealkylation sites (tertiary alicyclic amines) is 1. The molecule has 2 aliphatic rings. The molecule has 1 saturated heterocycles. The molecule has 1 atom stereocenters. The number of carbonyl (C=O) groups excluding carboxylic acids is 1. The second kappa shape index (κ2) is 4.70. The molecule has 0 spiro atoms. The molecule has 0 radical (unpaired) electrons. The Morgan fingerprint density at radius 1 is 1.31 bits per heavy atom. The van der Waals surface area contributed by atoms with Gasteiger partial charge in [0.1, 0.15) is 0 Å². The van der Waals surface area contributed by atoms with Gasteiger partial charge < -0.3 is 10.6 Å². The molecule has 0 bridgehead atoms. The maximum atomic E-state index is 12.1. The molecule has 0 aromatic rings. The van der Waals surface area contributed by atoms with Gasteiger partial charge in [0.2, 0.25) is 5.91 Å². The molecule has 2 rings (SSSR count). The van der Waals surface area contributed by atoms with Crippen molar-refractivity contribution in [2.75, 3.05) is 13.1 Å². The van der Waals surface area contributed by atoms with E-state index in [2.05, 4.69) is 6.92 Å². The molecule has 1 saturated carbocycles. The minimum absolute atomic E-state index is 0.223. The molecule has 4 heteroatoms. The highest BCUT2D eigenvalue weighted by Gasteiger charge is 2.36. The van der Waals surface area contributed by atoms with E-state index in [4.69, 9.17) is 18.0 Å². The van der Waals surface area contributed by atoms with E-state index in [9.17, 15) is 4.79 Å². The summed E-state index contributed by atoms with van der Waals surface area (Å²) in [5.41, 5.74) is 5.63. The number of nitrogens with two attached hydrogens (primary N) is 1. The number of hydrogen-bond acceptors (Lipinski definition) is 2. The van der Waals surface area contributed by atoms with Crippen molar-refractivity contribution < 1.29 is 4.79 Å². The van der Waals surface area contributed by atoms with Gasteiger partial charge in [0.15, 0.2) is 0 Å². The average molecular weight is 240 g/mol. The van der Waals surface area contributed by atoms with Crippen LogP contribution < -0.4 is 5.73 Å². The third-order valence-electron chi connectivity index (χ3n) is 3.93. The second-order valence-electron chi connectivity index (χ2n) is 5.13. The average Bonchev–Trinajstić information content (AvgIpc) is 3.11. The van der Waals surface area contributed by atoms with Crippen LogP contribution in [-0.2, 0) is 4.79 Å². The molecule has 2 N–H and O–H groups in total. The second-order valence-corrected chi connectivity index (χ2v) is 5.60. The van der Waals surface area contributed by atoms with Crippen LogP contribution in [-0.4, -0.2) is 28.9 Å². The lowest BCUT2D eigenvalue weighted by atomic mass is 9.95. The highest BCUT2D eigenvalue weighted by Crippen LogP contribution is 2.37. The van der Waals surface area contributed by atoms with Gasteiger partial charge in [-0.15, -0.1) is 0 Å². The first kappa shape index (κ1) is 11.8. The highest BCUT2D eigenvalue weighted by atomic mass is 32.1. The molecule has 16 heavy (non-hydrogen) atoms. The molecule has 0 aromatic heterocycles. The lowest BCUT2D eigenvalue weighted by Crippen LogP contribution is -2.43. The van der Waals surface area contributed by atoms with Crippen LogP contribution in [0, 0.1) is 17.8 Å². The van der Waals surface area contributed by atoms with Crippen LogP contribution in [0.25, 0.3) is 0 Å². The van der Waals surface area contributed by atoms with Crippen LogP contribution >= 0.6 is 12.2 Å². The van der Waals surface area contributed by atoms with Crippen LogP contribution in [0.3, 0.4) is 0 Å². The van der Waals surface area contributed by atoms with E-state index in [0.29, 0.717) is 22.7 Å². The van der Waals surface area contributed by atoms with Crippen LogP contribution in [0.4, 0.5) is 0 Å². The number of carbonyl (C=O) groups is 1. The number of rotatable bonds is 3. The zero-order valence-corrected chi connectivity index (χ0v) is 10.6. The fourth-order valence-corrected chi connectivity index (χ4v) is 2.71. The first-order chi connectivity index (χ1) is 7.59. The quantitative estimate of drug-likeness (QED) is 0.761. The van der Waals surface area contributed by atoms with Crippen LogP contribution in [0.15, 0.2) is 0 Å². The van der Waals surface area contributed by atoms with Crippen LogP contribution in [0.5, 0.6) is 0 Å². The van der Waals surface area contributed by atoms with E-state index in [-0.39, 0.29) is 5.92 Å². The van der Waals surface area contributed by atoms with Crippen molar-refractivity contribution >= 4 is 23.1 Å². The van der Waals surface area contributed by atoms with Gasteiger partial charge in [0.05, 0.1) is 4.99 Å². The van der Waals surface area contributed by atoms with Gasteiger partial charge in [-0.1, -0.05) is 19.1 Å². The van der Waals surface area contributed by atoms with Crippen LogP contribution in [0.1, 0.15) is 32.6 Å². The molecule has 1 heterocycles. The Labute approximate surface area is 102 Å². The zero-order valence-electron chi connectivity index (χ0n) is 9.82. The Bertz CT molecular complexity index is 293. The molecule has 90 valence electrons. The first-order valence-corrected chi connectivity index (χ1v) is 6.58. The van der Waals surface area contributed by atoms with E-state index in [1.807, 2.05) is 4.90 Å². The number of piperidine rings is 1. The summed E-state index contributed by atoms with van der Waals surface area (Å²) in [4.78, 5) is 14.7. The molecule has 1 aliphatic carbocycles. The Balaban J connectivity index is 1.83. The summed E-state index contributed by atoms with van der Waals surface area (Å²) < 4.78 is 0. The number of hydrogen-bond donors (Lipinski definition) is 1. The van der Waals surface area contributed by atoms with E-state index in [1.54, 1.807) is 0 Å². The summed E-state index contributed by atoms with van der Waals surface area (Å²) in [6.07, 6.45) is 4.35. The molecule has 1 unspecified atom stereocenters. The van der Waals surface area contributed by atoms with E-state index in [0.717, 1.165) is 25.9 Å². The zero-order chi connectivity index (χ0) is 11.7. The number of amides is 1. The maximum Gasteiger partial charge on any atom is 0.225 e. The Hall–Kier alpha value is -0.640. The SMILES string of the molecule is CC(C(=O)N1CCC(C(N)=S)CC1)C1CC1. The largest absolute Gasteiger partial charge is 0.393 e. The molecule has 0 aromatic carbocycles. The summed E-state index contributed by atoms with van der Waals surface area (Å²) >= 11 is 5.00. The molecule has 3 nitrogen and oxygen atoms in total. The van der Waals surface area contributed by atoms with Crippen molar-refractivity contribution in [3.05, 3.63) is 0 Å². The van der Waals surface area contributed by atoms with Crippen molar-refractivity contribution in [3.8, 4) is 0 Å². The maximum absolute atomic E-state index is 12.1.